The molecular formula is C16H19ClN4O. The summed E-state index contributed by atoms with van der Waals surface area (Å²) >= 11 is 6.15. The van der Waals surface area contributed by atoms with E-state index in [2.05, 4.69) is 33.9 Å². The third kappa shape index (κ3) is 2.74. The molecule has 1 aromatic carbocycles. The standard InChI is InChI=1S/C16H19ClN4O/c1-10-14(17)15(20-21(10)2)16(22)19-9-13-12-6-4-3-5-11(12)7-8-18-13/h3-6,13,18H,7-9H2,1-2H3,(H,19,22). The van der Waals surface area contributed by atoms with Crippen LogP contribution < -0.4 is 10.6 Å². The molecule has 1 unspecified atom stereocenters. The Hall–Kier alpha value is -1.85. The lowest BCUT2D eigenvalue weighted by Gasteiger charge is -2.27. The molecule has 1 aliphatic heterocycles. The molecule has 3 rings (SSSR count). The fourth-order valence-corrected chi connectivity index (χ4v) is 3.03. The van der Waals surface area contributed by atoms with Crippen LogP contribution in [-0.4, -0.2) is 28.8 Å². The number of benzene rings is 1. The topological polar surface area (TPSA) is 59.0 Å². The highest BCUT2D eigenvalue weighted by molar-refractivity contribution is 6.34. The molecule has 5 nitrogen and oxygen atoms in total. The maximum absolute atomic E-state index is 12.3. The van der Waals surface area contributed by atoms with Crippen LogP contribution >= 0.6 is 11.6 Å². The molecule has 0 aliphatic carbocycles. The first-order valence-corrected chi connectivity index (χ1v) is 7.74. The van der Waals surface area contributed by atoms with Crippen LogP contribution in [0.15, 0.2) is 24.3 Å². The number of carbonyl (C=O) groups excluding carboxylic acids is 1. The van der Waals surface area contributed by atoms with Crippen molar-refractivity contribution in [1.29, 1.82) is 0 Å². The first-order chi connectivity index (χ1) is 10.6. The summed E-state index contributed by atoms with van der Waals surface area (Å²) in [6.07, 6.45) is 1.02. The van der Waals surface area contributed by atoms with Crippen LogP contribution in [0.3, 0.4) is 0 Å². The van der Waals surface area contributed by atoms with Crippen molar-refractivity contribution in [2.75, 3.05) is 13.1 Å². The number of aromatic nitrogens is 2. The monoisotopic (exact) mass is 318 g/mol. The number of carbonyl (C=O) groups is 1. The number of rotatable bonds is 3. The van der Waals surface area contributed by atoms with Gasteiger partial charge in [0.1, 0.15) is 0 Å². The van der Waals surface area contributed by atoms with Crippen LogP contribution in [0.5, 0.6) is 0 Å². The van der Waals surface area contributed by atoms with E-state index < -0.39 is 0 Å². The molecule has 1 aromatic heterocycles. The minimum Gasteiger partial charge on any atom is -0.349 e. The van der Waals surface area contributed by atoms with Gasteiger partial charge < -0.3 is 10.6 Å². The Labute approximate surface area is 134 Å². The zero-order valence-electron chi connectivity index (χ0n) is 12.7. The van der Waals surface area contributed by atoms with Crippen molar-refractivity contribution in [1.82, 2.24) is 20.4 Å². The van der Waals surface area contributed by atoms with E-state index in [-0.39, 0.29) is 17.6 Å². The number of fused-ring (bicyclic) bond motifs is 1. The van der Waals surface area contributed by atoms with Crippen LogP contribution in [0.2, 0.25) is 5.02 Å². The highest BCUT2D eigenvalue weighted by Crippen LogP contribution is 2.23. The zero-order chi connectivity index (χ0) is 15.7. The molecule has 2 heterocycles. The van der Waals surface area contributed by atoms with E-state index in [1.54, 1.807) is 11.7 Å². The number of aryl methyl sites for hydroxylation is 1. The largest absolute Gasteiger partial charge is 0.349 e. The van der Waals surface area contributed by atoms with Crippen molar-refractivity contribution in [2.45, 2.75) is 19.4 Å². The molecule has 2 N–H and O–H groups in total. The van der Waals surface area contributed by atoms with Gasteiger partial charge in [0.2, 0.25) is 0 Å². The number of nitrogens with one attached hydrogen (secondary N) is 2. The van der Waals surface area contributed by atoms with E-state index in [0.29, 0.717) is 11.6 Å². The summed E-state index contributed by atoms with van der Waals surface area (Å²) in [5.41, 5.74) is 3.66. The first-order valence-electron chi connectivity index (χ1n) is 7.36. The number of amides is 1. The van der Waals surface area contributed by atoms with E-state index in [1.165, 1.54) is 11.1 Å². The second-order valence-electron chi connectivity index (χ2n) is 5.54. The maximum atomic E-state index is 12.3. The van der Waals surface area contributed by atoms with Gasteiger partial charge >= 0.3 is 0 Å². The van der Waals surface area contributed by atoms with E-state index in [4.69, 9.17) is 11.6 Å². The van der Waals surface area contributed by atoms with Crippen LogP contribution in [-0.2, 0) is 13.5 Å². The Balaban J connectivity index is 1.71. The van der Waals surface area contributed by atoms with E-state index >= 15 is 0 Å². The number of nitrogens with zero attached hydrogens (tertiary/aromatic N) is 2. The van der Waals surface area contributed by atoms with Crippen molar-refractivity contribution in [3.8, 4) is 0 Å². The average molecular weight is 319 g/mol. The molecule has 116 valence electrons. The Morgan fingerprint density at radius 2 is 2.27 bits per heavy atom. The van der Waals surface area contributed by atoms with Gasteiger partial charge in [0.05, 0.1) is 10.7 Å². The Morgan fingerprint density at radius 1 is 1.50 bits per heavy atom. The van der Waals surface area contributed by atoms with Crippen LogP contribution in [0, 0.1) is 6.92 Å². The zero-order valence-corrected chi connectivity index (χ0v) is 13.4. The molecule has 2 aromatic rings. The molecule has 0 saturated carbocycles. The highest BCUT2D eigenvalue weighted by atomic mass is 35.5. The van der Waals surface area contributed by atoms with Gasteiger partial charge in [0.25, 0.3) is 5.91 Å². The number of hydrogen-bond acceptors (Lipinski definition) is 3. The SMILES string of the molecule is Cc1c(Cl)c(C(=O)NCC2NCCc3ccccc32)nn1C. The van der Waals surface area contributed by atoms with Gasteiger partial charge in [-0.05, 0) is 31.0 Å². The molecule has 0 spiro atoms. The first kappa shape index (κ1) is 15.1. The molecule has 1 amide bonds. The molecule has 6 heteroatoms. The lowest BCUT2D eigenvalue weighted by atomic mass is 9.94. The number of halogens is 1. The van der Waals surface area contributed by atoms with Crippen molar-refractivity contribution in [3.63, 3.8) is 0 Å². The number of hydrogen-bond donors (Lipinski definition) is 2. The summed E-state index contributed by atoms with van der Waals surface area (Å²) < 4.78 is 1.62. The fourth-order valence-electron chi connectivity index (χ4n) is 2.78. The summed E-state index contributed by atoms with van der Waals surface area (Å²) in [4.78, 5) is 12.3. The fraction of sp³-hybridized carbons (Fsp3) is 0.375. The van der Waals surface area contributed by atoms with Gasteiger partial charge in [-0.3, -0.25) is 9.48 Å². The minimum absolute atomic E-state index is 0.123. The van der Waals surface area contributed by atoms with Crippen molar-refractivity contribution in [2.24, 2.45) is 7.05 Å². The normalized spacial score (nSPS) is 17.1. The Bertz CT molecular complexity index is 710. The van der Waals surface area contributed by atoms with Crippen molar-refractivity contribution < 1.29 is 4.79 Å². The molecule has 1 atom stereocenters. The molecule has 0 bridgehead atoms. The van der Waals surface area contributed by atoms with Crippen LogP contribution in [0.25, 0.3) is 0 Å². The second kappa shape index (κ2) is 6.10. The molecule has 22 heavy (non-hydrogen) atoms. The smallest absolute Gasteiger partial charge is 0.273 e. The Kier molecular flexibility index (Phi) is 4.18. The predicted molar refractivity (Wildman–Crippen MR) is 86.2 cm³/mol. The van der Waals surface area contributed by atoms with Gasteiger partial charge in [-0.1, -0.05) is 35.9 Å². The van der Waals surface area contributed by atoms with E-state index in [1.807, 2.05) is 13.0 Å². The van der Waals surface area contributed by atoms with Crippen LogP contribution in [0.1, 0.15) is 33.4 Å². The molecule has 0 fully saturated rings. The van der Waals surface area contributed by atoms with Gasteiger partial charge in [0, 0.05) is 19.6 Å². The van der Waals surface area contributed by atoms with Crippen LogP contribution in [0.4, 0.5) is 0 Å². The summed E-state index contributed by atoms with van der Waals surface area (Å²) in [6.45, 7) is 3.27. The molecular weight excluding hydrogens is 300 g/mol. The average Bonchev–Trinajstić information content (AvgIpc) is 2.80. The lowest BCUT2D eigenvalue weighted by Crippen LogP contribution is -2.39. The lowest BCUT2D eigenvalue weighted by molar-refractivity contribution is 0.0943. The van der Waals surface area contributed by atoms with Gasteiger partial charge in [-0.2, -0.15) is 5.10 Å². The molecule has 0 saturated heterocycles. The van der Waals surface area contributed by atoms with Gasteiger partial charge in [-0.25, -0.2) is 0 Å². The maximum Gasteiger partial charge on any atom is 0.273 e. The molecule has 0 radical (unpaired) electrons. The second-order valence-corrected chi connectivity index (χ2v) is 5.92. The third-order valence-corrected chi connectivity index (χ3v) is 4.61. The van der Waals surface area contributed by atoms with E-state index in [0.717, 1.165) is 18.7 Å². The summed E-state index contributed by atoms with van der Waals surface area (Å²) in [5.74, 6) is -0.237. The van der Waals surface area contributed by atoms with Crippen molar-refractivity contribution in [3.05, 3.63) is 51.8 Å². The van der Waals surface area contributed by atoms with Crippen molar-refractivity contribution >= 4 is 17.5 Å². The molecule has 1 aliphatic rings. The quantitative estimate of drug-likeness (QED) is 0.910. The summed E-state index contributed by atoms with van der Waals surface area (Å²) in [7, 11) is 1.77. The Morgan fingerprint density at radius 3 is 3.00 bits per heavy atom. The van der Waals surface area contributed by atoms with Gasteiger partial charge in [0.15, 0.2) is 5.69 Å². The third-order valence-electron chi connectivity index (χ3n) is 4.16. The minimum atomic E-state index is -0.237. The van der Waals surface area contributed by atoms with E-state index in [9.17, 15) is 4.79 Å². The summed E-state index contributed by atoms with van der Waals surface area (Å²) in [5, 5.41) is 11.0. The highest BCUT2D eigenvalue weighted by Gasteiger charge is 2.22. The summed E-state index contributed by atoms with van der Waals surface area (Å²) in [6, 6.07) is 8.45. The predicted octanol–water partition coefficient (Wildman–Crippen LogP) is 2.00. The van der Waals surface area contributed by atoms with Gasteiger partial charge in [-0.15, -0.1) is 0 Å².